The number of nitrogens with zero attached hydrogens (tertiary/aromatic N) is 2. The molecule has 2 aromatic carbocycles. The fourth-order valence-electron chi connectivity index (χ4n) is 4.17. The van der Waals surface area contributed by atoms with Gasteiger partial charge in [0.25, 0.3) is 0 Å². The maximum absolute atomic E-state index is 13.6. The van der Waals surface area contributed by atoms with Gasteiger partial charge >= 0.3 is 0 Å². The zero-order valence-electron chi connectivity index (χ0n) is 20.5. The lowest BCUT2D eigenvalue weighted by molar-refractivity contribution is -0.133. The Bertz CT molecular complexity index is 1270. The van der Waals surface area contributed by atoms with Gasteiger partial charge in [0.15, 0.2) is 0 Å². The van der Waals surface area contributed by atoms with Gasteiger partial charge in [-0.2, -0.15) is 4.31 Å². The molecule has 1 amide bonds. The number of ether oxygens (including phenoxy) is 1. The van der Waals surface area contributed by atoms with Crippen LogP contribution < -0.4 is 0 Å². The number of benzene rings is 2. The van der Waals surface area contributed by atoms with E-state index in [1.54, 1.807) is 42.5 Å². The van der Waals surface area contributed by atoms with Gasteiger partial charge in [0, 0.05) is 19.7 Å². The van der Waals surface area contributed by atoms with Crippen molar-refractivity contribution in [1.29, 1.82) is 0 Å². The minimum Gasteiger partial charge on any atom is -0.464 e. The number of amides is 1. The molecule has 1 aromatic heterocycles. The Labute approximate surface area is 211 Å². The van der Waals surface area contributed by atoms with Crippen LogP contribution in [0.1, 0.15) is 35.5 Å². The molecular weight excluding hydrogens is 483 g/mol. The van der Waals surface area contributed by atoms with E-state index in [-0.39, 0.29) is 48.9 Å². The Hall–Kier alpha value is -3.01. The fourth-order valence-corrected chi connectivity index (χ4v) is 5.60. The van der Waals surface area contributed by atoms with E-state index in [0.717, 1.165) is 24.0 Å². The maximum Gasteiger partial charge on any atom is 0.243 e. The number of hydrogen-bond donors (Lipinski definition) is 0. The largest absolute Gasteiger partial charge is 0.464 e. The zero-order valence-corrected chi connectivity index (χ0v) is 21.3. The number of carbonyl (C=O) groups is 1. The first kappa shape index (κ1) is 26.1. The standard InChI is InChI=1S/C27H31FN2O5S/c1-20-5-13-26(14-6-20)36(32,33)30(18-24-4-3-15-34-24)19-27(31)29(17-25-12-7-21(2)35-25)16-22-8-10-23(28)11-9-22/h5-14,24H,3-4,15-19H2,1-2H3. The molecule has 0 bridgehead atoms. The van der Waals surface area contributed by atoms with Crippen molar-refractivity contribution in [2.24, 2.45) is 0 Å². The molecule has 1 atom stereocenters. The van der Waals surface area contributed by atoms with E-state index >= 15 is 0 Å². The molecule has 0 saturated carbocycles. The summed E-state index contributed by atoms with van der Waals surface area (Å²) in [7, 11) is -3.95. The first-order valence-electron chi connectivity index (χ1n) is 12.0. The highest BCUT2D eigenvalue weighted by atomic mass is 32.2. The Morgan fingerprint density at radius 3 is 2.33 bits per heavy atom. The molecule has 1 saturated heterocycles. The second-order valence-corrected chi connectivity index (χ2v) is 11.1. The van der Waals surface area contributed by atoms with E-state index in [2.05, 4.69) is 0 Å². The number of sulfonamides is 1. The van der Waals surface area contributed by atoms with Gasteiger partial charge in [-0.3, -0.25) is 4.79 Å². The van der Waals surface area contributed by atoms with E-state index in [4.69, 9.17) is 9.15 Å². The van der Waals surface area contributed by atoms with E-state index in [0.29, 0.717) is 18.1 Å². The smallest absolute Gasteiger partial charge is 0.243 e. The predicted octanol–water partition coefficient (Wildman–Crippen LogP) is 4.43. The SMILES string of the molecule is Cc1ccc(S(=O)(=O)N(CC(=O)N(Cc2ccc(F)cc2)Cc2ccc(C)o2)CC2CCCO2)cc1. The summed E-state index contributed by atoms with van der Waals surface area (Å²) in [6.45, 7) is 4.34. The quantitative estimate of drug-likeness (QED) is 0.400. The molecule has 0 aliphatic carbocycles. The second-order valence-electron chi connectivity index (χ2n) is 9.13. The predicted molar refractivity (Wildman–Crippen MR) is 133 cm³/mol. The molecule has 7 nitrogen and oxygen atoms in total. The summed E-state index contributed by atoms with van der Waals surface area (Å²) in [6.07, 6.45) is 1.32. The van der Waals surface area contributed by atoms with E-state index in [9.17, 15) is 17.6 Å². The highest BCUT2D eigenvalue weighted by Crippen LogP contribution is 2.22. The zero-order chi connectivity index (χ0) is 25.7. The average Bonchev–Trinajstić information content (AvgIpc) is 3.51. The van der Waals surface area contributed by atoms with Gasteiger partial charge in [-0.05, 0) is 68.7 Å². The summed E-state index contributed by atoms with van der Waals surface area (Å²) in [4.78, 5) is 15.3. The van der Waals surface area contributed by atoms with Crippen LogP contribution in [0.15, 0.2) is 70.0 Å². The summed E-state index contributed by atoms with van der Waals surface area (Å²) in [5.74, 6) is 0.531. The number of furan rings is 1. The van der Waals surface area contributed by atoms with Crippen molar-refractivity contribution >= 4 is 15.9 Å². The average molecular weight is 515 g/mol. The van der Waals surface area contributed by atoms with Crippen molar-refractivity contribution in [2.75, 3.05) is 19.7 Å². The minimum absolute atomic E-state index is 0.0895. The molecule has 1 aliphatic heterocycles. The molecule has 1 unspecified atom stereocenters. The van der Waals surface area contributed by atoms with Gasteiger partial charge in [-0.1, -0.05) is 29.8 Å². The molecule has 0 spiro atoms. The van der Waals surface area contributed by atoms with Crippen molar-refractivity contribution < 1.29 is 26.8 Å². The molecule has 36 heavy (non-hydrogen) atoms. The summed E-state index contributed by atoms with van der Waals surface area (Å²) in [6, 6.07) is 16.1. The first-order valence-corrected chi connectivity index (χ1v) is 13.4. The van der Waals surface area contributed by atoms with Crippen LogP contribution in [-0.2, 0) is 32.6 Å². The topological polar surface area (TPSA) is 80.1 Å². The van der Waals surface area contributed by atoms with Crippen LogP contribution in [0.4, 0.5) is 4.39 Å². The number of hydrogen-bond acceptors (Lipinski definition) is 5. The number of carbonyl (C=O) groups excluding carboxylic acids is 1. The number of aryl methyl sites for hydroxylation is 2. The summed E-state index contributed by atoms with van der Waals surface area (Å²) in [5.41, 5.74) is 1.66. The van der Waals surface area contributed by atoms with Crippen molar-refractivity contribution in [2.45, 2.75) is 50.8 Å². The molecule has 0 N–H and O–H groups in total. The molecule has 192 valence electrons. The molecule has 0 radical (unpaired) electrons. The third-order valence-electron chi connectivity index (χ3n) is 6.18. The summed E-state index contributed by atoms with van der Waals surface area (Å²) < 4.78 is 53.2. The normalized spacial score (nSPS) is 15.9. The van der Waals surface area contributed by atoms with Crippen molar-refractivity contribution in [3.63, 3.8) is 0 Å². The van der Waals surface area contributed by atoms with Gasteiger partial charge in [-0.15, -0.1) is 0 Å². The van der Waals surface area contributed by atoms with Crippen molar-refractivity contribution in [3.8, 4) is 0 Å². The maximum atomic E-state index is 13.6. The van der Waals surface area contributed by atoms with Gasteiger partial charge in [0.1, 0.15) is 17.3 Å². The third kappa shape index (κ3) is 6.60. The van der Waals surface area contributed by atoms with Crippen LogP contribution in [0.25, 0.3) is 0 Å². The van der Waals surface area contributed by atoms with E-state index in [1.165, 1.54) is 21.3 Å². The lowest BCUT2D eigenvalue weighted by atomic mass is 10.2. The van der Waals surface area contributed by atoms with Gasteiger partial charge in [0.2, 0.25) is 15.9 Å². The fraction of sp³-hybridized carbons (Fsp3) is 0.370. The van der Waals surface area contributed by atoms with E-state index < -0.39 is 10.0 Å². The van der Waals surface area contributed by atoms with E-state index in [1.807, 2.05) is 19.9 Å². The van der Waals surface area contributed by atoms with Gasteiger partial charge in [-0.25, -0.2) is 12.8 Å². The third-order valence-corrected chi connectivity index (χ3v) is 8.01. The number of halogens is 1. The van der Waals surface area contributed by atoms with Crippen LogP contribution in [0, 0.1) is 19.7 Å². The minimum atomic E-state index is -3.95. The molecule has 2 heterocycles. The lowest BCUT2D eigenvalue weighted by Gasteiger charge is -2.28. The van der Waals surface area contributed by atoms with Gasteiger partial charge in [0.05, 0.1) is 24.1 Å². The molecule has 1 fully saturated rings. The highest BCUT2D eigenvalue weighted by molar-refractivity contribution is 7.89. The summed E-state index contributed by atoms with van der Waals surface area (Å²) >= 11 is 0. The summed E-state index contributed by atoms with van der Waals surface area (Å²) in [5, 5.41) is 0. The van der Waals surface area contributed by atoms with Crippen molar-refractivity contribution in [3.05, 3.63) is 89.1 Å². The molecular formula is C27H31FN2O5S. The van der Waals surface area contributed by atoms with Crippen molar-refractivity contribution in [1.82, 2.24) is 9.21 Å². The van der Waals surface area contributed by atoms with Crippen LogP contribution in [0.3, 0.4) is 0 Å². The Morgan fingerprint density at radius 1 is 1.00 bits per heavy atom. The molecule has 4 rings (SSSR count). The van der Waals surface area contributed by atoms with Crippen LogP contribution >= 0.6 is 0 Å². The Kier molecular flexibility index (Phi) is 8.23. The highest BCUT2D eigenvalue weighted by Gasteiger charge is 2.32. The Balaban J connectivity index is 1.60. The molecule has 3 aromatic rings. The Morgan fingerprint density at radius 2 is 1.72 bits per heavy atom. The second kappa shape index (κ2) is 11.4. The van der Waals surface area contributed by atoms with Crippen LogP contribution in [0.5, 0.6) is 0 Å². The number of rotatable bonds is 10. The molecule has 9 heteroatoms. The van der Waals surface area contributed by atoms with Crippen LogP contribution in [-0.4, -0.2) is 49.3 Å². The monoisotopic (exact) mass is 514 g/mol. The van der Waals surface area contributed by atoms with Crippen LogP contribution in [0.2, 0.25) is 0 Å². The lowest BCUT2D eigenvalue weighted by Crippen LogP contribution is -2.45. The molecule has 1 aliphatic rings. The van der Waals surface area contributed by atoms with Gasteiger partial charge < -0.3 is 14.1 Å². The first-order chi connectivity index (χ1) is 17.2.